The number of hydrogen-bond donors (Lipinski definition) is 1. The lowest BCUT2D eigenvalue weighted by molar-refractivity contribution is 0.00578. The molecule has 0 bridgehead atoms. The molecule has 4 rings (SSSR count). The van der Waals surface area contributed by atoms with E-state index in [1.165, 1.54) is 0 Å². The first kappa shape index (κ1) is 18.0. The van der Waals surface area contributed by atoms with Crippen molar-refractivity contribution >= 4 is 23.6 Å². The van der Waals surface area contributed by atoms with Crippen molar-refractivity contribution in [2.75, 3.05) is 26.3 Å². The fraction of sp³-hybridized carbons (Fsp3) is 0.632. The van der Waals surface area contributed by atoms with Crippen molar-refractivity contribution < 1.29 is 14.0 Å². The first-order chi connectivity index (χ1) is 12.4. The van der Waals surface area contributed by atoms with E-state index in [4.69, 9.17) is 14.0 Å². The van der Waals surface area contributed by atoms with Gasteiger partial charge in [0.1, 0.15) is 0 Å². The minimum absolute atomic E-state index is 0.357. The highest BCUT2D eigenvalue weighted by Crippen LogP contribution is 2.37. The number of rotatable bonds is 3. The second kappa shape index (κ2) is 6.64. The van der Waals surface area contributed by atoms with Crippen LogP contribution in [0, 0.1) is 5.92 Å². The zero-order valence-electron chi connectivity index (χ0n) is 16.1. The molecule has 2 saturated heterocycles. The van der Waals surface area contributed by atoms with E-state index in [0.29, 0.717) is 5.92 Å². The van der Waals surface area contributed by atoms with Crippen LogP contribution in [0.3, 0.4) is 0 Å². The van der Waals surface area contributed by atoms with Gasteiger partial charge in [-0.2, -0.15) is 0 Å². The molecular weight excluding hydrogens is 329 g/mol. The average Bonchev–Trinajstić information content (AvgIpc) is 2.94. The average molecular weight is 357 g/mol. The normalized spacial score (nSPS) is 25.5. The summed E-state index contributed by atoms with van der Waals surface area (Å²) in [4.78, 5) is 4.60. The molecule has 1 unspecified atom stereocenters. The molecule has 2 aromatic rings. The molecule has 6 nitrogen and oxygen atoms in total. The van der Waals surface area contributed by atoms with Crippen molar-refractivity contribution in [2.45, 2.75) is 45.4 Å². The molecule has 2 aliphatic rings. The minimum Gasteiger partial charge on any atom is -0.399 e. The van der Waals surface area contributed by atoms with Gasteiger partial charge in [-0.3, -0.25) is 0 Å². The Labute approximate surface area is 155 Å². The number of hydrogen-bond acceptors (Lipinski definition) is 5. The van der Waals surface area contributed by atoms with Crippen molar-refractivity contribution in [3.8, 4) is 0 Å². The maximum Gasteiger partial charge on any atom is 0.497 e. The summed E-state index contributed by atoms with van der Waals surface area (Å²) in [7, 11) is -0.386. The van der Waals surface area contributed by atoms with Crippen LogP contribution < -0.4 is 10.8 Å². The van der Waals surface area contributed by atoms with E-state index in [1.54, 1.807) is 0 Å². The van der Waals surface area contributed by atoms with Crippen molar-refractivity contribution in [1.82, 2.24) is 14.9 Å². The van der Waals surface area contributed by atoms with E-state index in [9.17, 15) is 0 Å². The summed E-state index contributed by atoms with van der Waals surface area (Å²) in [5, 5.41) is 3.44. The molecule has 0 spiro atoms. The van der Waals surface area contributed by atoms with Gasteiger partial charge in [0.25, 0.3) is 0 Å². The van der Waals surface area contributed by atoms with Crippen LogP contribution in [0.25, 0.3) is 11.0 Å². The van der Waals surface area contributed by atoms with Gasteiger partial charge in [-0.05, 0) is 33.8 Å². The minimum atomic E-state index is -0.386. The smallest absolute Gasteiger partial charge is 0.399 e. The first-order valence-corrected chi connectivity index (χ1v) is 9.45. The van der Waals surface area contributed by atoms with Crippen LogP contribution >= 0.6 is 0 Å². The van der Waals surface area contributed by atoms with Gasteiger partial charge in [0.2, 0.25) is 0 Å². The first-order valence-electron chi connectivity index (χ1n) is 9.45. The van der Waals surface area contributed by atoms with Gasteiger partial charge in [-0.1, -0.05) is 12.1 Å². The van der Waals surface area contributed by atoms with Crippen molar-refractivity contribution in [2.24, 2.45) is 5.92 Å². The van der Waals surface area contributed by atoms with Crippen LogP contribution in [0.1, 0.15) is 27.7 Å². The number of para-hydroxylation sites is 1. The number of ether oxygens (including phenoxy) is 1. The molecule has 0 saturated carbocycles. The van der Waals surface area contributed by atoms with Gasteiger partial charge < -0.3 is 23.9 Å². The molecular formula is C19H28BN3O3. The summed E-state index contributed by atoms with van der Waals surface area (Å²) in [5.41, 5.74) is 2.39. The summed E-state index contributed by atoms with van der Waals surface area (Å²) < 4.78 is 20.5. The van der Waals surface area contributed by atoms with Gasteiger partial charge in [0.05, 0.1) is 41.8 Å². The maximum atomic E-state index is 6.29. The highest BCUT2D eigenvalue weighted by Gasteiger charge is 2.52. The second-order valence-electron chi connectivity index (χ2n) is 8.35. The molecule has 0 aliphatic carbocycles. The Morgan fingerprint density at radius 3 is 2.77 bits per heavy atom. The largest absolute Gasteiger partial charge is 0.497 e. The summed E-state index contributed by atoms with van der Waals surface area (Å²) >= 11 is 0. The van der Waals surface area contributed by atoms with Crippen molar-refractivity contribution in [1.29, 1.82) is 0 Å². The number of imidazole rings is 1. The Hall–Kier alpha value is -1.41. The standard InChI is InChI=1S/C19H28BN3O3/c1-18(2)19(3,4)26-20(25-18)15-6-5-7-16-17(15)23(13-22-16)11-14-10-21-8-9-24-12-14/h5-7,13-14,21H,8-12H2,1-4H3. The predicted molar refractivity (Wildman–Crippen MR) is 103 cm³/mol. The Balaban J connectivity index is 1.67. The molecule has 2 aliphatic heterocycles. The number of benzene rings is 1. The summed E-state index contributed by atoms with van der Waals surface area (Å²) in [6.45, 7) is 12.6. The van der Waals surface area contributed by atoms with Crippen LogP contribution in [-0.4, -0.2) is 54.2 Å². The van der Waals surface area contributed by atoms with Crippen molar-refractivity contribution in [3.05, 3.63) is 24.5 Å². The van der Waals surface area contributed by atoms with E-state index >= 15 is 0 Å². The molecule has 140 valence electrons. The maximum absolute atomic E-state index is 6.29. The monoisotopic (exact) mass is 357 g/mol. The van der Waals surface area contributed by atoms with Gasteiger partial charge in [-0.15, -0.1) is 0 Å². The van der Waals surface area contributed by atoms with Crippen LogP contribution in [-0.2, 0) is 20.6 Å². The fourth-order valence-corrected chi connectivity index (χ4v) is 3.61. The van der Waals surface area contributed by atoms with Crippen LogP contribution in [0.2, 0.25) is 0 Å². The Morgan fingerprint density at radius 2 is 2.00 bits per heavy atom. The molecule has 1 aromatic carbocycles. The van der Waals surface area contributed by atoms with E-state index in [2.05, 4.69) is 48.6 Å². The Morgan fingerprint density at radius 1 is 1.23 bits per heavy atom. The van der Waals surface area contributed by atoms with Crippen LogP contribution in [0.5, 0.6) is 0 Å². The lowest BCUT2D eigenvalue weighted by Crippen LogP contribution is -2.41. The van der Waals surface area contributed by atoms with Gasteiger partial charge in [0, 0.05) is 31.0 Å². The molecule has 0 amide bonds. The van der Waals surface area contributed by atoms with Gasteiger partial charge in [0.15, 0.2) is 0 Å². The third kappa shape index (κ3) is 3.18. The van der Waals surface area contributed by atoms with Gasteiger partial charge in [-0.25, -0.2) is 4.98 Å². The van der Waals surface area contributed by atoms with E-state index < -0.39 is 0 Å². The number of nitrogens with zero attached hydrogens (tertiary/aromatic N) is 2. The van der Waals surface area contributed by atoms with Crippen molar-refractivity contribution in [3.63, 3.8) is 0 Å². The van der Waals surface area contributed by atoms with Crippen LogP contribution in [0.4, 0.5) is 0 Å². The number of fused-ring (bicyclic) bond motifs is 1. The van der Waals surface area contributed by atoms with E-state index in [1.807, 2.05) is 18.5 Å². The summed E-state index contributed by atoms with van der Waals surface area (Å²) in [5.74, 6) is 0.418. The zero-order valence-corrected chi connectivity index (χ0v) is 16.1. The third-order valence-corrected chi connectivity index (χ3v) is 5.84. The topological polar surface area (TPSA) is 57.5 Å². The second-order valence-corrected chi connectivity index (χ2v) is 8.35. The zero-order chi connectivity index (χ0) is 18.4. The lowest BCUT2D eigenvalue weighted by atomic mass is 9.78. The molecule has 1 atom stereocenters. The Bertz CT molecular complexity index is 765. The lowest BCUT2D eigenvalue weighted by Gasteiger charge is -2.32. The molecule has 1 N–H and O–H groups in total. The number of nitrogens with one attached hydrogen (secondary N) is 1. The predicted octanol–water partition coefficient (Wildman–Crippen LogP) is 1.57. The van der Waals surface area contributed by atoms with E-state index in [-0.39, 0.29) is 18.3 Å². The number of aromatic nitrogens is 2. The quantitative estimate of drug-likeness (QED) is 0.846. The molecule has 3 heterocycles. The van der Waals surface area contributed by atoms with Gasteiger partial charge >= 0.3 is 7.12 Å². The molecule has 7 heteroatoms. The fourth-order valence-electron chi connectivity index (χ4n) is 3.61. The molecule has 1 aromatic heterocycles. The SMILES string of the molecule is CC1(C)OB(c2cccc3ncn(CC4CNCCOC4)c23)OC1(C)C. The summed E-state index contributed by atoms with van der Waals surface area (Å²) in [6, 6.07) is 6.16. The summed E-state index contributed by atoms with van der Waals surface area (Å²) in [6.07, 6.45) is 1.92. The van der Waals surface area contributed by atoms with E-state index in [0.717, 1.165) is 49.3 Å². The highest BCUT2D eigenvalue weighted by molar-refractivity contribution is 6.64. The van der Waals surface area contributed by atoms with Crippen LogP contribution in [0.15, 0.2) is 24.5 Å². The molecule has 0 radical (unpaired) electrons. The highest BCUT2D eigenvalue weighted by atomic mass is 16.7. The third-order valence-electron chi connectivity index (χ3n) is 5.84. The Kier molecular flexibility index (Phi) is 4.59. The molecule has 26 heavy (non-hydrogen) atoms. The molecule has 2 fully saturated rings.